The second-order valence-corrected chi connectivity index (χ2v) is 6.27. The highest BCUT2D eigenvalue weighted by molar-refractivity contribution is 6.30. The van der Waals surface area contributed by atoms with Crippen LogP contribution in [0.4, 0.5) is 0 Å². The molecule has 2 unspecified atom stereocenters. The number of fused-ring (bicyclic) bond motifs is 5. The number of esters is 1. The van der Waals surface area contributed by atoms with Crippen LogP contribution in [0.25, 0.3) is 0 Å². The number of hydrogen-bond donors (Lipinski definition) is 0. The molecule has 0 bridgehead atoms. The van der Waals surface area contributed by atoms with E-state index >= 15 is 0 Å². The maximum atomic E-state index is 11.3. The van der Waals surface area contributed by atoms with E-state index in [0.717, 1.165) is 23.3 Å². The molecule has 1 aromatic carbocycles. The summed E-state index contributed by atoms with van der Waals surface area (Å²) in [5, 5.41) is 0.654. The molecule has 1 saturated carbocycles. The molecule has 0 amide bonds. The number of carbonyl (C=O) groups excluding carboxylic acids is 1. The van der Waals surface area contributed by atoms with Crippen molar-refractivity contribution in [3.8, 4) is 5.75 Å². The molecule has 2 fully saturated rings. The van der Waals surface area contributed by atoms with Crippen LogP contribution in [0.2, 0.25) is 5.02 Å². The monoisotopic (exact) mass is 324 g/mol. The highest BCUT2D eigenvalue weighted by Gasteiger charge is 2.60. The molecule has 0 aromatic heterocycles. The Bertz CT molecular complexity index is 617. The van der Waals surface area contributed by atoms with Crippen molar-refractivity contribution in [1.82, 2.24) is 0 Å². The zero-order chi connectivity index (χ0) is 15.3. The molecule has 1 aromatic rings. The minimum atomic E-state index is -0.367. The van der Waals surface area contributed by atoms with Gasteiger partial charge in [-0.15, -0.1) is 0 Å². The zero-order valence-electron chi connectivity index (χ0n) is 12.2. The molecule has 0 radical (unpaired) electrons. The second-order valence-electron chi connectivity index (χ2n) is 5.84. The van der Waals surface area contributed by atoms with Crippen molar-refractivity contribution in [3.63, 3.8) is 0 Å². The van der Waals surface area contributed by atoms with Gasteiger partial charge in [0.2, 0.25) is 0 Å². The molecule has 0 spiro atoms. The fourth-order valence-electron chi connectivity index (χ4n) is 3.52. The fourth-order valence-corrected chi connectivity index (χ4v) is 3.77. The van der Waals surface area contributed by atoms with E-state index in [-0.39, 0.29) is 37.3 Å². The molecule has 4 atom stereocenters. The molecule has 22 heavy (non-hydrogen) atoms. The molecule has 0 N–H and O–H groups in total. The Labute approximate surface area is 133 Å². The average molecular weight is 325 g/mol. The number of halogens is 1. The number of carbonyl (C=O) groups is 1. The predicted molar refractivity (Wildman–Crippen MR) is 78.2 cm³/mol. The third-order valence-electron chi connectivity index (χ3n) is 4.41. The Kier molecular flexibility index (Phi) is 3.51. The molecule has 2 aliphatic heterocycles. The van der Waals surface area contributed by atoms with Gasteiger partial charge in [0.25, 0.3) is 0 Å². The van der Waals surface area contributed by atoms with Crippen molar-refractivity contribution < 1.29 is 23.7 Å². The predicted octanol–water partition coefficient (Wildman–Crippen LogP) is 2.44. The second kappa shape index (κ2) is 5.41. The van der Waals surface area contributed by atoms with Crippen LogP contribution in [0.1, 0.15) is 30.4 Å². The Balaban J connectivity index is 1.50. The van der Waals surface area contributed by atoms with E-state index in [1.54, 1.807) is 6.92 Å². The molecule has 1 saturated heterocycles. The van der Waals surface area contributed by atoms with Crippen LogP contribution < -0.4 is 4.74 Å². The van der Waals surface area contributed by atoms with Crippen LogP contribution in [0, 0.1) is 0 Å². The number of rotatable bonds is 5. The summed E-state index contributed by atoms with van der Waals surface area (Å²) >= 11 is 6.23. The Morgan fingerprint density at radius 1 is 1.41 bits per heavy atom. The van der Waals surface area contributed by atoms with Crippen molar-refractivity contribution in [3.05, 3.63) is 28.3 Å². The maximum Gasteiger partial charge on any atom is 0.332 e. The van der Waals surface area contributed by atoms with Crippen LogP contribution >= 0.6 is 11.6 Å². The number of benzene rings is 1. The quantitative estimate of drug-likeness (QED) is 0.615. The highest BCUT2D eigenvalue weighted by Crippen LogP contribution is 2.56. The molecular formula is C16H17ClO5. The Hall–Kier alpha value is -1.30. The third-order valence-corrected chi connectivity index (χ3v) is 4.63. The summed E-state index contributed by atoms with van der Waals surface area (Å²) in [5.41, 5.74) is 1.98. The van der Waals surface area contributed by atoms with Crippen LogP contribution in [0.15, 0.2) is 12.1 Å². The van der Waals surface area contributed by atoms with Gasteiger partial charge in [0, 0.05) is 22.6 Å². The molecule has 6 heteroatoms. The lowest BCUT2D eigenvalue weighted by Gasteiger charge is -2.12. The summed E-state index contributed by atoms with van der Waals surface area (Å²) in [4.78, 5) is 11.3. The number of hydrogen-bond acceptors (Lipinski definition) is 5. The van der Waals surface area contributed by atoms with Crippen LogP contribution in [-0.2, 0) is 25.6 Å². The van der Waals surface area contributed by atoms with E-state index in [1.807, 2.05) is 12.1 Å². The average Bonchev–Trinajstić information content (AvgIpc) is 2.98. The van der Waals surface area contributed by atoms with Gasteiger partial charge in [-0.3, -0.25) is 0 Å². The van der Waals surface area contributed by atoms with Crippen molar-refractivity contribution in [1.29, 1.82) is 0 Å². The van der Waals surface area contributed by atoms with Gasteiger partial charge in [-0.25, -0.2) is 4.79 Å². The van der Waals surface area contributed by atoms with Gasteiger partial charge >= 0.3 is 5.97 Å². The third kappa shape index (κ3) is 2.37. The molecule has 118 valence electrons. The minimum absolute atomic E-state index is 0.0736. The number of epoxide rings is 1. The van der Waals surface area contributed by atoms with Crippen molar-refractivity contribution >= 4 is 17.6 Å². The zero-order valence-corrected chi connectivity index (χ0v) is 13.0. The van der Waals surface area contributed by atoms with Crippen molar-refractivity contribution in [2.75, 3.05) is 13.2 Å². The summed E-state index contributed by atoms with van der Waals surface area (Å²) < 4.78 is 22.0. The summed E-state index contributed by atoms with van der Waals surface area (Å²) in [6, 6.07) is 3.79. The van der Waals surface area contributed by atoms with E-state index in [4.69, 9.17) is 30.5 Å². The van der Waals surface area contributed by atoms with Gasteiger partial charge in [-0.2, -0.15) is 0 Å². The number of ether oxygens (including phenoxy) is 4. The highest BCUT2D eigenvalue weighted by atomic mass is 35.5. The minimum Gasteiger partial charge on any atom is -0.489 e. The SMILES string of the molecule is CCOC(=O)COCc1cc(Cl)cc2c1OC1C[C@H]3O[C@H]3C21. The topological polar surface area (TPSA) is 57.3 Å². The first kappa shape index (κ1) is 14.3. The van der Waals surface area contributed by atoms with Crippen molar-refractivity contribution in [2.24, 2.45) is 0 Å². The van der Waals surface area contributed by atoms with Crippen LogP contribution in [-0.4, -0.2) is 37.5 Å². The first-order valence-electron chi connectivity index (χ1n) is 7.55. The van der Waals surface area contributed by atoms with E-state index < -0.39 is 0 Å². The molecule has 2 heterocycles. The summed E-state index contributed by atoms with van der Waals surface area (Å²) in [6.07, 6.45) is 1.75. The Morgan fingerprint density at radius 2 is 2.27 bits per heavy atom. The lowest BCUT2D eigenvalue weighted by Crippen LogP contribution is -2.17. The molecule has 5 nitrogen and oxygen atoms in total. The summed E-state index contributed by atoms with van der Waals surface area (Å²) in [5.74, 6) is 0.757. The van der Waals surface area contributed by atoms with Crippen LogP contribution in [0.5, 0.6) is 5.75 Å². The first-order valence-corrected chi connectivity index (χ1v) is 7.93. The summed E-state index contributed by atoms with van der Waals surface area (Å²) in [6.45, 7) is 2.32. The summed E-state index contributed by atoms with van der Waals surface area (Å²) in [7, 11) is 0. The van der Waals surface area contributed by atoms with E-state index in [2.05, 4.69) is 0 Å². The standard InChI is InChI=1S/C16H17ClO5/c1-2-20-13(18)7-19-6-8-3-9(17)4-10-14-11(21-15(8)10)5-12-16(14)22-12/h3-4,11-12,14,16H,2,5-7H2,1H3/t11?,12-,14?,16-/m1/s1. The van der Waals surface area contributed by atoms with Gasteiger partial charge in [0.15, 0.2) is 0 Å². The first-order chi connectivity index (χ1) is 10.7. The van der Waals surface area contributed by atoms with Crippen LogP contribution in [0.3, 0.4) is 0 Å². The Morgan fingerprint density at radius 3 is 3.09 bits per heavy atom. The largest absolute Gasteiger partial charge is 0.489 e. The lowest BCUT2D eigenvalue weighted by molar-refractivity contribution is -0.148. The van der Waals surface area contributed by atoms with Gasteiger partial charge in [0.1, 0.15) is 18.5 Å². The fraction of sp³-hybridized carbons (Fsp3) is 0.562. The lowest BCUT2D eigenvalue weighted by atomic mass is 9.95. The smallest absolute Gasteiger partial charge is 0.332 e. The van der Waals surface area contributed by atoms with Gasteiger partial charge in [0.05, 0.1) is 31.3 Å². The van der Waals surface area contributed by atoms with Gasteiger partial charge < -0.3 is 18.9 Å². The van der Waals surface area contributed by atoms with E-state index in [0.29, 0.717) is 17.7 Å². The van der Waals surface area contributed by atoms with Gasteiger partial charge in [-0.05, 0) is 19.1 Å². The van der Waals surface area contributed by atoms with Gasteiger partial charge in [-0.1, -0.05) is 11.6 Å². The van der Waals surface area contributed by atoms with E-state index in [1.165, 1.54) is 0 Å². The molecule has 4 rings (SSSR count). The maximum absolute atomic E-state index is 11.3. The molecule has 3 aliphatic rings. The van der Waals surface area contributed by atoms with E-state index in [9.17, 15) is 4.79 Å². The molecule has 1 aliphatic carbocycles. The van der Waals surface area contributed by atoms with Crippen molar-refractivity contribution in [2.45, 2.75) is 44.2 Å². The normalized spacial score (nSPS) is 30.3. The molecular weight excluding hydrogens is 308 g/mol.